The van der Waals surface area contributed by atoms with Gasteiger partial charge in [0, 0.05) is 0 Å². The number of sulfone groups is 1. The minimum Gasteiger partial charge on any atom is -0.387 e. The minimum atomic E-state index is -3.60. The van der Waals surface area contributed by atoms with Crippen LogP contribution in [0.2, 0.25) is 0 Å². The van der Waals surface area contributed by atoms with Gasteiger partial charge in [0.2, 0.25) is 0 Å². The molecule has 2 aliphatic rings. The van der Waals surface area contributed by atoms with E-state index in [1.807, 2.05) is 30.3 Å². The molecule has 0 aromatic heterocycles. The predicted octanol–water partition coefficient (Wildman–Crippen LogP) is 3.24. The van der Waals surface area contributed by atoms with E-state index in [0.29, 0.717) is 19.3 Å². The standard InChI is InChI=1S/C21H24O5S/c1-20(22)13-12-17-14-19(20)25-26-21(17,16-8-4-2-5-9-16)15-27(23,24)18-10-6-3-7-11-18/h2-11,17,19,22H,12-15H2,1H3/t17?,19?,20?,21-/m0/s1. The first-order chi connectivity index (χ1) is 12.8. The highest BCUT2D eigenvalue weighted by Crippen LogP contribution is 2.50. The van der Waals surface area contributed by atoms with Crippen LogP contribution in [0.5, 0.6) is 0 Å². The van der Waals surface area contributed by atoms with Crippen molar-refractivity contribution in [1.29, 1.82) is 0 Å². The van der Waals surface area contributed by atoms with Gasteiger partial charge in [-0.2, -0.15) is 0 Å². The van der Waals surface area contributed by atoms with Crippen molar-refractivity contribution in [2.24, 2.45) is 5.92 Å². The van der Waals surface area contributed by atoms with E-state index in [2.05, 4.69) is 0 Å². The average molecular weight is 388 g/mol. The summed E-state index contributed by atoms with van der Waals surface area (Å²) in [5.74, 6) is -0.259. The van der Waals surface area contributed by atoms with E-state index < -0.39 is 27.1 Å². The molecule has 1 N–H and O–H groups in total. The SMILES string of the molecule is CC1(O)CCC2CC1OO[C@@]2(CS(=O)(=O)c1ccccc1)c1ccccc1. The Morgan fingerprint density at radius 3 is 2.37 bits per heavy atom. The number of rotatable bonds is 4. The molecular weight excluding hydrogens is 364 g/mol. The Morgan fingerprint density at radius 1 is 1.07 bits per heavy atom. The molecule has 27 heavy (non-hydrogen) atoms. The van der Waals surface area contributed by atoms with Crippen molar-refractivity contribution in [1.82, 2.24) is 0 Å². The topological polar surface area (TPSA) is 72.8 Å². The predicted molar refractivity (Wildman–Crippen MR) is 101 cm³/mol. The summed E-state index contributed by atoms with van der Waals surface area (Å²) in [6, 6.07) is 17.8. The van der Waals surface area contributed by atoms with Crippen molar-refractivity contribution < 1.29 is 23.3 Å². The second-order valence-electron chi connectivity index (χ2n) is 7.82. The van der Waals surface area contributed by atoms with Gasteiger partial charge in [-0.15, -0.1) is 0 Å². The number of hydrogen-bond donors (Lipinski definition) is 1. The Hall–Kier alpha value is -1.73. The number of hydrogen-bond acceptors (Lipinski definition) is 5. The lowest BCUT2D eigenvalue weighted by Crippen LogP contribution is -2.58. The quantitative estimate of drug-likeness (QED) is 0.814. The number of aliphatic hydroxyl groups is 1. The lowest BCUT2D eigenvalue weighted by atomic mass is 9.68. The molecule has 4 rings (SSSR count). The van der Waals surface area contributed by atoms with Gasteiger partial charge in [-0.1, -0.05) is 48.5 Å². The molecule has 2 aromatic rings. The van der Waals surface area contributed by atoms with Crippen molar-refractivity contribution >= 4 is 9.84 Å². The van der Waals surface area contributed by atoms with E-state index >= 15 is 0 Å². The molecule has 2 aromatic carbocycles. The van der Waals surface area contributed by atoms with Crippen LogP contribution in [0.4, 0.5) is 0 Å². The third kappa shape index (κ3) is 3.31. The molecule has 1 saturated heterocycles. The molecule has 1 aliphatic heterocycles. The lowest BCUT2D eigenvalue weighted by molar-refractivity contribution is -0.450. The fraction of sp³-hybridized carbons (Fsp3) is 0.429. The Kier molecular flexibility index (Phi) is 4.63. The molecule has 6 heteroatoms. The van der Waals surface area contributed by atoms with Crippen LogP contribution in [0.1, 0.15) is 31.7 Å². The van der Waals surface area contributed by atoms with Gasteiger partial charge in [0.1, 0.15) is 11.7 Å². The molecule has 5 nitrogen and oxygen atoms in total. The van der Waals surface area contributed by atoms with Crippen molar-refractivity contribution in [3.8, 4) is 0 Å². The first-order valence-electron chi connectivity index (χ1n) is 9.24. The average Bonchev–Trinajstić information content (AvgIpc) is 2.68. The van der Waals surface area contributed by atoms with Gasteiger partial charge in [0.05, 0.1) is 16.2 Å². The summed E-state index contributed by atoms with van der Waals surface area (Å²) in [4.78, 5) is 11.7. The fourth-order valence-corrected chi connectivity index (χ4v) is 6.01. The maximum absolute atomic E-state index is 13.2. The maximum atomic E-state index is 13.2. The van der Waals surface area contributed by atoms with Crippen LogP contribution in [0.15, 0.2) is 65.6 Å². The molecule has 0 amide bonds. The van der Waals surface area contributed by atoms with Gasteiger partial charge in [-0.3, -0.25) is 0 Å². The van der Waals surface area contributed by atoms with Crippen LogP contribution in [0.3, 0.4) is 0 Å². The molecule has 3 unspecified atom stereocenters. The van der Waals surface area contributed by atoms with E-state index in [4.69, 9.17) is 9.78 Å². The Bertz CT molecular complexity index is 895. The van der Waals surface area contributed by atoms with E-state index in [1.165, 1.54) is 0 Å². The maximum Gasteiger partial charge on any atom is 0.181 e. The monoisotopic (exact) mass is 388 g/mol. The fourth-order valence-electron chi connectivity index (χ4n) is 4.26. The van der Waals surface area contributed by atoms with Crippen LogP contribution in [-0.2, 0) is 25.2 Å². The van der Waals surface area contributed by atoms with Crippen LogP contribution in [-0.4, -0.2) is 31.0 Å². The Morgan fingerprint density at radius 2 is 1.70 bits per heavy atom. The van der Waals surface area contributed by atoms with Crippen LogP contribution in [0.25, 0.3) is 0 Å². The van der Waals surface area contributed by atoms with Crippen molar-refractivity contribution in [3.05, 3.63) is 66.2 Å². The molecule has 1 heterocycles. The summed E-state index contributed by atoms with van der Waals surface area (Å²) in [5.41, 5.74) is -1.27. The van der Waals surface area contributed by atoms with E-state index in [-0.39, 0.29) is 16.6 Å². The largest absolute Gasteiger partial charge is 0.387 e. The third-order valence-electron chi connectivity index (χ3n) is 5.93. The summed E-state index contributed by atoms with van der Waals surface area (Å²) in [7, 11) is -3.60. The van der Waals surface area contributed by atoms with Gasteiger partial charge in [0.15, 0.2) is 9.84 Å². The van der Waals surface area contributed by atoms with Gasteiger partial charge in [-0.05, 0) is 49.8 Å². The van der Waals surface area contributed by atoms with E-state index in [1.54, 1.807) is 37.3 Å². The zero-order valence-corrected chi connectivity index (χ0v) is 16.1. The lowest BCUT2D eigenvalue weighted by Gasteiger charge is -2.51. The molecule has 2 fully saturated rings. The highest BCUT2D eigenvalue weighted by Gasteiger charge is 2.56. The number of benzene rings is 2. The molecule has 1 saturated carbocycles. The summed E-state index contributed by atoms with van der Waals surface area (Å²) in [6.07, 6.45) is 1.33. The summed E-state index contributed by atoms with van der Waals surface area (Å²) >= 11 is 0. The van der Waals surface area contributed by atoms with Gasteiger partial charge in [-0.25, -0.2) is 18.2 Å². The Labute approximate surface area is 159 Å². The van der Waals surface area contributed by atoms with Crippen molar-refractivity contribution in [2.45, 2.75) is 48.4 Å². The second kappa shape index (κ2) is 6.71. The van der Waals surface area contributed by atoms with E-state index in [0.717, 1.165) is 5.56 Å². The molecule has 0 spiro atoms. The molecule has 0 radical (unpaired) electrons. The van der Waals surface area contributed by atoms with Gasteiger partial charge < -0.3 is 5.11 Å². The van der Waals surface area contributed by atoms with Crippen LogP contribution in [0, 0.1) is 5.92 Å². The summed E-state index contributed by atoms with van der Waals surface area (Å²) in [6.45, 7) is 1.74. The molecule has 4 atom stereocenters. The smallest absolute Gasteiger partial charge is 0.181 e. The van der Waals surface area contributed by atoms with Crippen LogP contribution < -0.4 is 0 Å². The normalized spacial score (nSPS) is 33.6. The summed E-state index contributed by atoms with van der Waals surface area (Å²) < 4.78 is 26.4. The Balaban J connectivity index is 1.76. The second-order valence-corrected chi connectivity index (χ2v) is 9.81. The summed E-state index contributed by atoms with van der Waals surface area (Å²) in [5, 5.41) is 10.5. The zero-order valence-electron chi connectivity index (χ0n) is 15.2. The van der Waals surface area contributed by atoms with Crippen LogP contribution >= 0.6 is 0 Å². The first kappa shape index (κ1) is 18.6. The first-order valence-corrected chi connectivity index (χ1v) is 10.9. The molecule has 2 bridgehead atoms. The molecule has 1 aliphatic carbocycles. The van der Waals surface area contributed by atoms with Gasteiger partial charge in [0.25, 0.3) is 0 Å². The molecule has 144 valence electrons. The van der Waals surface area contributed by atoms with Crippen molar-refractivity contribution in [2.75, 3.05) is 5.75 Å². The zero-order chi connectivity index (χ0) is 19.1. The van der Waals surface area contributed by atoms with Gasteiger partial charge >= 0.3 is 0 Å². The number of fused-ring (bicyclic) bond motifs is 2. The third-order valence-corrected chi connectivity index (χ3v) is 7.73. The minimum absolute atomic E-state index is 0.0580. The van der Waals surface area contributed by atoms with Crippen molar-refractivity contribution in [3.63, 3.8) is 0 Å². The highest BCUT2D eigenvalue weighted by atomic mass is 32.2. The van der Waals surface area contributed by atoms with E-state index in [9.17, 15) is 13.5 Å². The molecular formula is C21H24O5S. The highest BCUT2D eigenvalue weighted by molar-refractivity contribution is 7.91.